The molecular formula is C20H30O5. The van der Waals surface area contributed by atoms with Crippen LogP contribution < -0.4 is 0 Å². The molecule has 9 atom stereocenters. The first-order valence-corrected chi connectivity index (χ1v) is 9.46. The number of aliphatic hydroxyl groups is 4. The van der Waals surface area contributed by atoms with E-state index in [-0.39, 0.29) is 22.7 Å². The summed E-state index contributed by atoms with van der Waals surface area (Å²) in [6.45, 7) is 10.1. The number of ketones is 1. The van der Waals surface area contributed by atoms with E-state index >= 15 is 0 Å². The van der Waals surface area contributed by atoms with Crippen LogP contribution in [0, 0.1) is 34.0 Å². The molecule has 0 aromatic carbocycles. The van der Waals surface area contributed by atoms with E-state index in [0.29, 0.717) is 19.3 Å². The second-order valence-corrected chi connectivity index (χ2v) is 9.83. The quantitative estimate of drug-likeness (QED) is 0.489. The molecule has 0 heterocycles. The first-order chi connectivity index (χ1) is 11.5. The summed E-state index contributed by atoms with van der Waals surface area (Å²) in [6.07, 6.45) is -1.41. The van der Waals surface area contributed by atoms with Crippen molar-refractivity contribution in [1.29, 1.82) is 0 Å². The highest BCUT2D eigenvalue weighted by Gasteiger charge is 2.76. The van der Waals surface area contributed by atoms with Crippen molar-refractivity contribution in [2.45, 2.75) is 70.9 Å². The van der Waals surface area contributed by atoms with Crippen molar-refractivity contribution in [1.82, 2.24) is 0 Å². The highest BCUT2D eigenvalue weighted by molar-refractivity contribution is 6.04. The van der Waals surface area contributed by atoms with E-state index in [2.05, 4.69) is 20.4 Å². The average Bonchev–Trinajstić information content (AvgIpc) is 2.66. The van der Waals surface area contributed by atoms with E-state index in [1.807, 2.05) is 6.92 Å². The molecule has 0 saturated heterocycles. The molecule has 0 radical (unpaired) electrons. The maximum Gasteiger partial charge on any atom is 0.170 e. The molecule has 5 nitrogen and oxygen atoms in total. The smallest absolute Gasteiger partial charge is 0.170 e. The molecule has 0 amide bonds. The number of hydrogen-bond acceptors (Lipinski definition) is 5. The zero-order valence-electron chi connectivity index (χ0n) is 15.3. The third kappa shape index (κ3) is 1.76. The second-order valence-electron chi connectivity index (χ2n) is 9.83. The van der Waals surface area contributed by atoms with Gasteiger partial charge in [0.15, 0.2) is 5.78 Å². The summed E-state index contributed by atoms with van der Waals surface area (Å²) in [5, 5.41) is 43.8. The van der Waals surface area contributed by atoms with Gasteiger partial charge >= 0.3 is 0 Å². The Labute approximate surface area is 148 Å². The lowest BCUT2D eigenvalue weighted by Crippen LogP contribution is -2.71. The summed E-state index contributed by atoms with van der Waals surface area (Å²) in [7, 11) is 0. The van der Waals surface area contributed by atoms with Crippen molar-refractivity contribution in [3.05, 3.63) is 12.2 Å². The number of aliphatic hydroxyl groups excluding tert-OH is 4. The maximum absolute atomic E-state index is 13.2. The van der Waals surface area contributed by atoms with E-state index in [0.717, 1.165) is 6.42 Å². The Hall–Kier alpha value is -0.750. The van der Waals surface area contributed by atoms with Crippen molar-refractivity contribution in [3.8, 4) is 0 Å². The van der Waals surface area contributed by atoms with E-state index < -0.39 is 47.1 Å². The van der Waals surface area contributed by atoms with Crippen LogP contribution in [-0.4, -0.2) is 50.6 Å². The average molecular weight is 350 g/mol. The molecular weight excluding hydrogens is 320 g/mol. The number of rotatable bonds is 0. The Balaban J connectivity index is 1.93. The summed E-state index contributed by atoms with van der Waals surface area (Å²) >= 11 is 0. The van der Waals surface area contributed by atoms with Crippen molar-refractivity contribution in [2.75, 3.05) is 0 Å². The van der Waals surface area contributed by atoms with Crippen LogP contribution >= 0.6 is 0 Å². The predicted octanol–water partition coefficient (Wildman–Crippen LogP) is 1.04. The van der Waals surface area contributed by atoms with Crippen LogP contribution in [0.1, 0.15) is 46.5 Å². The fourth-order valence-electron chi connectivity index (χ4n) is 7.33. The van der Waals surface area contributed by atoms with Gasteiger partial charge in [0.1, 0.15) is 0 Å². The number of fused-ring (bicyclic) bond motifs is 3. The van der Waals surface area contributed by atoms with Gasteiger partial charge in [-0.05, 0) is 48.5 Å². The Kier molecular flexibility index (Phi) is 3.49. The van der Waals surface area contributed by atoms with Crippen LogP contribution in [0.2, 0.25) is 0 Å². The SMILES string of the molecule is C=C1C(=O)C23C(O)C[C@@H]4C(C)(C)CCC(O)C4(C)[C@@H]2CC(O)C1C3O. The third-order valence-electron chi connectivity index (χ3n) is 8.62. The predicted molar refractivity (Wildman–Crippen MR) is 91.4 cm³/mol. The molecule has 4 aliphatic carbocycles. The fraction of sp³-hybridized carbons (Fsp3) is 0.850. The van der Waals surface area contributed by atoms with Crippen LogP contribution in [0.3, 0.4) is 0 Å². The van der Waals surface area contributed by atoms with Gasteiger partial charge in [0, 0.05) is 11.3 Å². The lowest BCUT2D eigenvalue weighted by Gasteiger charge is -2.66. The summed E-state index contributed by atoms with van der Waals surface area (Å²) in [4.78, 5) is 13.2. The molecule has 2 bridgehead atoms. The van der Waals surface area contributed by atoms with Crippen molar-refractivity contribution < 1.29 is 25.2 Å². The topological polar surface area (TPSA) is 98.0 Å². The van der Waals surface area contributed by atoms with Gasteiger partial charge in [-0.2, -0.15) is 0 Å². The van der Waals surface area contributed by atoms with Gasteiger partial charge in [-0.3, -0.25) is 4.79 Å². The van der Waals surface area contributed by atoms with Gasteiger partial charge in [-0.25, -0.2) is 0 Å². The van der Waals surface area contributed by atoms with Crippen LogP contribution in [0.15, 0.2) is 12.2 Å². The number of hydrogen-bond donors (Lipinski definition) is 4. The zero-order chi connectivity index (χ0) is 18.5. The van der Waals surface area contributed by atoms with Gasteiger partial charge in [-0.1, -0.05) is 27.4 Å². The molecule has 25 heavy (non-hydrogen) atoms. The molecule has 0 aromatic rings. The van der Waals surface area contributed by atoms with E-state index in [9.17, 15) is 25.2 Å². The third-order valence-corrected chi connectivity index (χ3v) is 8.62. The second kappa shape index (κ2) is 4.94. The molecule has 4 aliphatic rings. The standard InChI is InChI=1S/C20H30O5/c1-9-15-10(21)7-12-19(4)11(18(2,3)6-5-13(19)22)8-14(23)20(12,16(9)24)17(15)25/h10-15,17,21-23,25H,1,5-8H2,2-4H3/t10?,11-,12+,13?,14?,15?,17?,19?,20?/m1/s1. The van der Waals surface area contributed by atoms with Gasteiger partial charge in [0.25, 0.3) is 0 Å². The molecule has 1 spiro atoms. The van der Waals surface area contributed by atoms with Gasteiger partial charge in [0.05, 0.1) is 29.8 Å². The number of carbonyl (C=O) groups is 1. The number of carbonyl (C=O) groups excluding carboxylic acids is 1. The summed E-state index contributed by atoms with van der Waals surface area (Å²) in [5.74, 6) is -1.45. The summed E-state index contributed by atoms with van der Waals surface area (Å²) in [6, 6.07) is 0. The first kappa shape index (κ1) is 17.7. The molecule has 4 rings (SSSR count). The minimum Gasteiger partial charge on any atom is -0.393 e. The van der Waals surface area contributed by atoms with Crippen LogP contribution in [0.5, 0.6) is 0 Å². The van der Waals surface area contributed by atoms with E-state index in [1.54, 1.807) is 0 Å². The minimum absolute atomic E-state index is 0.0204. The lowest BCUT2D eigenvalue weighted by atomic mass is 9.39. The van der Waals surface area contributed by atoms with Crippen LogP contribution in [-0.2, 0) is 4.79 Å². The molecule has 4 fully saturated rings. The van der Waals surface area contributed by atoms with Gasteiger partial charge in [-0.15, -0.1) is 0 Å². The fourth-order valence-corrected chi connectivity index (χ4v) is 7.33. The molecule has 0 aromatic heterocycles. The van der Waals surface area contributed by atoms with Crippen molar-refractivity contribution in [2.24, 2.45) is 34.0 Å². The molecule has 5 heteroatoms. The molecule has 7 unspecified atom stereocenters. The monoisotopic (exact) mass is 350 g/mol. The molecule has 0 aliphatic heterocycles. The van der Waals surface area contributed by atoms with Crippen molar-refractivity contribution in [3.63, 3.8) is 0 Å². The summed E-state index contributed by atoms with van der Waals surface area (Å²) in [5.41, 5.74) is -1.82. The zero-order valence-corrected chi connectivity index (χ0v) is 15.3. The largest absolute Gasteiger partial charge is 0.393 e. The van der Waals surface area contributed by atoms with E-state index in [4.69, 9.17) is 0 Å². The maximum atomic E-state index is 13.2. The number of Topliss-reactive ketones (excluding diaryl/α,β-unsaturated/α-hetero) is 1. The molecule has 4 saturated carbocycles. The van der Waals surface area contributed by atoms with Gasteiger partial charge in [0.2, 0.25) is 0 Å². The van der Waals surface area contributed by atoms with Crippen LogP contribution in [0.4, 0.5) is 0 Å². The molecule has 140 valence electrons. The molecule has 4 N–H and O–H groups in total. The highest BCUT2D eigenvalue weighted by Crippen LogP contribution is 2.70. The van der Waals surface area contributed by atoms with E-state index in [1.165, 1.54) is 0 Å². The Morgan fingerprint density at radius 2 is 1.64 bits per heavy atom. The van der Waals surface area contributed by atoms with Gasteiger partial charge < -0.3 is 20.4 Å². The summed E-state index contributed by atoms with van der Waals surface area (Å²) < 4.78 is 0. The highest BCUT2D eigenvalue weighted by atomic mass is 16.3. The Morgan fingerprint density at radius 1 is 1.00 bits per heavy atom. The minimum atomic E-state index is -1.33. The van der Waals surface area contributed by atoms with Crippen molar-refractivity contribution >= 4 is 5.78 Å². The Bertz CT molecular complexity index is 642. The Morgan fingerprint density at radius 3 is 2.28 bits per heavy atom. The first-order valence-electron chi connectivity index (χ1n) is 9.46. The van der Waals surface area contributed by atoms with Crippen LogP contribution in [0.25, 0.3) is 0 Å². The lowest BCUT2D eigenvalue weighted by molar-refractivity contribution is -0.261. The normalized spacial score (nSPS) is 57.2.